The highest BCUT2D eigenvalue weighted by molar-refractivity contribution is 14.1. The Morgan fingerprint density at radius 3 is 2.69 bits per heavy atom. The van der Waals surface area contributed by atoms with Crippen LogP contribution in [0.25, 0.3) is 0 Å². The first-order valence-electron chi connectivity index (χ1n) is 4.73. The monoisotopic (exact) mass is 288 g/mol. The van der Waals surface area contributed by atoms with Gasteiger partial charge in [-0.2, -0.15) is 0 Å². The number of hydrogen-bond donors (Lipinski definition) is 0. The number of piperidine rings is 1. The molecule has 1 aliphatic heterocycles. The zero-order chi connectivity index (χ0) is 9.10. The van der Waals surface area contributed by atoms with Crippen LogP contribution in [0.5, 0.6) is 0 Å². The molecule has 0 aromatic carbocycles. The summed E-state index contributed by atoms with van der Waals surface area (Å²) in [6, 6.07) is 4.19. The first kappa shape index (κ1) is 9.24. The molecule has 2 rings (SSSR count). The molecule has 0 saturated carbocycles. The molecule has 0 spiro atoms. The van der Waals surface area contributed by atoms with Crippen LogP contribution in [0, 0.1) is 3.57 Å². The van der Waals surface area contributed by atoms with Crippen molar-refractivity contribution in [2.45, 2.75) is 19.3 Å². The van der Waals surface area contributed by atoms with Gasteiger partial charge in [-0.3, -0.25) is 0 Å². The Morgan fingerprint density at radius 1 is 1.23 bits per heavy atom. The highest BCUT2D eigenvalue weighted by atomic mass is 127. The molecule has 13 heavy (non-hydrogen) atoms. The molecule has 0 unspecified atom stereocenters. The van der Waals surface area contributed by atoms with E-state index in [2.05, 4.69) is 38.5 Å². The van der Waals surface area contributed by atoms with Crippen LogP contribution in [-0.2, 0) is 0 Å². The summed E-state index contributed by atoms with van der Waals surface area (Å²) in [6.45, 7) is 2.35. The van der Waals surface area contributed by atoms with Gasteiger partial charge < -0.3 is 4.90 Å². The molecule has 0 atom stereocenters. The second-order valence-corrected chi connectivity index (χ2v) is 4.63. The summed E-state index contributed by atoms with van der Waals surface area (Å²) in [7, 11) is 0. The first-order valence-corrected chi connectivity index (χ1v) is 5.80. The Kier molecular flexibility index (Phi) is 3.03. The fourth-order valence-electron chi connectivity index (χ4n) is 1.69. The summed E-state index contributed by atoms with van der Waals surface area (Å²) in [6.07, 6.45) is 5.90. The van der Waals surface area contributed by atoms with E-state index in [0.717, 1.165) is 5.82 Å². The molecule has 2 nitrogen and oxygen atoms in total. The van der Waals surface area contributed by atoms with Crippen LogP contribution in [0.2, 0.25) is 0 Å². The zero-order valence-electron chi connectivity index (χ0n) is 7.54. The molecule has 1 fully saturated rings. The molecule has 0 bridgehead atoms. The predicted molar refractivity (Wildman–Crippen MR) is 63.0 cm³/mol. The molecule has 0 radical (unpaired) electrons. The van der Waals surface area contributed by atoms with Crippen LogP contribution >= 0.6 is 22.6 Å². The van der Waals surface area contributed by atoms with E-state index in [0.29, 0.717) is 0 Å². The van der Waals surface area contributed by atoms with E-state index in [-0.39, 0.29) is 0 Å². The zero-order valence-corrected chi connectivity index (χ0v) is 9.70. The number of halogens is 1. The van der Waals surface area contributed by atoms with Gasteiger partial charge in [-0.25, -0.2) is 4.98 Å². The van der Waals surface area contributed by atoms with E-state index >= 15 is 0 Å². The number of anilines is 1. The molecule has 0 amide bonds. The third-order valence-corrected chi connectivity index (χ3v) is 3.06. The van der Waals surface area contributed by atoms with Crippen molar-refractivity contribution in [2.75, 3.05) is 18.0 Å². The van der Waals surface area contributed by atoms with E-state index in [4.69, 9.17) is 0 Å². The van der Waals surface area contributed by atoms with Crippen LogP contribution in [0.3, 0.4) is 0 Å². The van der Waals surface area contributed by atoms with Gasteiger partial charge in [-0.15, -0.1) is 0 Å². The molecule has 2 heterocycles. The second-order valence-electron chi connectivity index (χ2n) is 3.38. The summed E-state index contributed by atoms with van der Waals surface area (Å²) in [5.74, 6) is 1.15. The molecular formula is C10H13IN2. The normalized spacial score (nSPS) is 17.5. The molecular weight excluding hydrogens is 275 g/mol. The smallest absolute Gasteiger partial charge is 0.129 e. The van der Waals surface area contributed by atoms with E-state index in [1.54, 1.807) is 0 Å². The summed E-state index contributed by atoms with van der Waals surface area (Å²) in [5.41, 5.74) is 0. The van der Waals surface area contributed by atoms with Gasteiger partial charge in [-0.05, 0) is 54.0 Å². The fraction of sp³-hybridized carbons (Fsp3) is 0.500. The van der Waals surface area contributed by atoms with E-state index in [9.17, 15) is 0 Å². The number of aromatic nitrogens is 1. The minimum Gasteiger partial charge on any atom is -0.357 e. The number of hydrogen-bond acceptors (Lipinski definition) is 2. The second kappa shape index (κ2) is 4.26. The Hall–Kier alpha value is -0.320. The standard InChI is InChI=1S/C10H13IN2/c11-9-4-5-12-10(8-9)13-6-2-1-3-7-13/h4-5,8H,1-3,6-7H2. The lowest BCUT2D eigenvalue weighted by Crippen LogP contribution is -2.30. The third-order valence-electron chi connectivity index (χ3n) is 2.39. The lowest BCUT2D eigenvalue weighted by molar-refractivity contribution is 0.573. The van der Waals surface area contributed by atoms with Crippen molar-refractivity contribution in [1.82, 2.24) is 4.98 Å². The number of nitrogens with zero attached hydrogens (tertiary/aromatic N) is 2. The molecule has 0 N–H and O–H groups in total. The molecule has 0 aliphatic carbocycles. The van der Waals surface area contributed by atoms with Crippen molar-refractivity contribution in [3.05, 3.63) is 21.9 Å². The van der Waals surface area contributed by atoms with Crippen molar-refractivity contribution in [1.29, 1.82) is 0 Å². The Balaban J connectivity index is 2.14. The van der Waals surface area contributed by atoms with E-state index in [1.165, 1.54) is 35.9 Å². The minimum absolute atomic E-state index is 1.15. The van der Waals surface area contributed by atoms with Crippen LogP contribution in [0.1, 0.15) is 19.3 Å². The van der Waals surface area contributed by atoms with Gasteiger partial charge in [0, 0.05) is 22.9 Å². The molecule has 1 aliphatic rings. The number of rotatable bonds is 1. The van der Waals surface area contributed by atoms with Crippen molar-refractivity contribution < 1.29 is 0 Å². The first-order chi connectivity index (χ1) is 6.36. The van der Waals surface area contributed by atoms with E-state index in [1.807, 2.05) is 12.3 Å². The highest BCUT2D eigenvalue weighted by Crippen LogP contribution is 2.18. The average molecular weight is 288 g/mol. The molecule has 1 aromatic rings. The summed E-state index contributed by atoms with van der Waals surface area (Å²) in [4.78, 5) is 6.76. The van der Waals surface area contributed by atoms with Gasteiger partial charge >= 0.3 is 0 Å². The van der Waals surface area contributed by atoms with Gasteiger partial charge in [0.2, 0.25) is 0 Å². The maximum absolute atomic E-state index is 4.38. The van der Waals surface area contributed by atoms with Crippen LogP contribution in [0.15, 0.2) is 18.3 Å². The predicted octanol–water partition coefficient (Wildman–Crippen LogP) is 2.68. The summed E-state index contributed by atoms with van der Waals surface area (Å²) in [5, 5.41) is 0. The molecule has 70 valence electrons. The molecule has 3 heteroatoms. The maximum atomic E-state index is 4.38. The molecule has 1 aromatic heterocycles. The van der Waals surface area contributed by atoms with Gasteiger partial charge in [0.15, 0.2) is 0 Å². The van der Waals surface area contributed by atoms with Gasteiger partial charge in [0.25, 0.3) is 0 Å². The Bertz CT molecular complexity index is 282. The van der Waals surface area contributed by atoms with Crippen LogP contribution in [-0.4, -0.2) is 18.1 Å². The quantitative estimate of drug-likeness (QED) is 0.739. The van der Waals surface area contributed by atoms with Crippen molar-refractivity contribution >= 4 is 28.4 Å². The summed E-state index contributed by atoms with van der Waals surface area (Å²) >= 11 is 2.33. The van der Waals surface area contributed by atoms with Gasteiger partial charge in [0.05, 0.1) is 0 Å². The topological polar surface area (TPSA) is 16.1 Å². The van der Waals surface area contributed by atoms with Crippen molar-refractivity contribution in [3.8, 4) is 0 Å². The van der Waals surface area contributed by atoms with Crippen LogP contribution in [0.4, 0.5) is 5.82 Å². The lowest BCUT2D eigenvalue weighted by atomic mass is 10.1. The highest BCUT2D eigenvalue weighted by Gasteiger charge is 2.11. The number of pyridine rings is 1. The minimum atomic E-state index is 1.15. The van der Waals surface area contributed by atoms with Crippen molar-refractivity contribution in [2.24, 2.45) is 0 Å². The fourth-order valence-corrected chi connectivity index (χ4v) is 2.13. The lowest BCUT2D eigenvalue weighted by Gasteiger charge is -2.27. The van der Waals surface area contributed by atoms with Gasteiger partial charge in [0.1, 0.15) is 5.82 Å². The Labute approximate surface area is 92.5 Å². The maximum Gasteiger partial charge on any atom is 0.129 e. The van der Waals surface area contributed by atoms with Crippen LogP contribution < -0.4 is 4.90 Å². The summed E-state index contributed by atoms with van der Waals surface area (Å²) < 4.78 is 1.27. The van der Waals surface area contributed by atoms with Gasteiger partial charge in [-0.1, -0.05) is 0 Å². The van der Waals surface area contributed by atoms with Crippen molar-refractivity contribution in [3.63, 3.8) is 0 Å². The average Bonchev–Trinajstić information content (AvgIpc) is 2.19. The van der Waals surface area contributed by atoms with E-state index < -0.39 is 0 Å². The molecule has 1 saturated heterocycles. The largest absolute Gasteiger partial charge is 0.357 e. The third kappa shape index (κ3) is 2.33. The SMILES string of the molecule is Ic1ccnc(N2CCCCC2)c1. The Morgan fingerprint density at radius 2 is 2.00 bits per heavy atom.